The van der Waals surface area contributed by atoms with E-state index in [1.54, 1.807) is 0 Å². The Labute approximate surface area is 101 Å². The largest absolute Gasteiger partial charge is 0.396 e. The van der Waals surface area contributed by atoms with E-state index in [1.807, 2.05) is 0 Å². The topological polar surface area (TPSA) is 23.5 Å². The monoisotopic (exact) mass is 227 g/mol. The van der Waals surface area contributed by atoms with Gasteiger partial charge in [0.2, 0.25) is 0 Å². The minimum absolute atomic E-state index is 0.330. The normalized spacial score (nSPS) is 26.2. The second-order valence-corrected chi connectivity index (χ2v) is 5.31. The highest BCUT2D eigenvalue weighted by Gasteiger charge is 2.27. The van der Waals surface area contributed by atoms with Gasteiger partial charge in [0.15, 0.2) is 0 Å². The average Bonchev–Trinajstić information content (AvgIpc) is 2.33. The van der Waals surface area contributed by atoms with Crippen LogP contribution in [0.1, 0.15) is 58.3 Å². The highest BCUT2D eigenvalue weighted by molar-refractivity contribution is 4.81. The molecule has 2 heteroatoms. The van der Waals surface area contributed by atoms with Crippen LogP contribution in [-0.4, -0.2) is 36.2 Å². The predicted molar refractivity (Wildman–Crippen MR) is 69.6 cm³/mol. The molecular weight excluding hydrogens is 198 g/mol. The maximum absolute atomic E-state index is 8.89. The number of hydrogen-bond donors (Lipinski definition) is 1. The molecule has 0 heterocycles. The summed E-state index contributed by atoms with van der Waals surface area (Å²) in [7, 11) is 2.24. The summed E-state index contributed by atoms with van der Waals surface area (Å²) >= 11 is 0. The summed E-state index contributed by atoms with van der Waals surface area (Å²) in [5, 5.41) is 8.89. The van der Waals surface area contributed by atoms with E-state index in [0.717, 1.165) is 24.9 Å². The number of aliphatic hydroxyl groups is 1. The third-order valence-electron chi connectivity index (χ3n) is 4.03. The van der Waals surface area contributed by atoms with Crippen LogP contribution in [0.4, 0.5) is 0 Å². The molecule has 0 aliphatic heterocycles. The van der Waals surface area contributed by atoms with Crippen molar-refractivity contribution in [2.45, 2.75) is 64.3 Å². The van der Waals surface area contributed by atoms with Gasteiger partial charge < -0.3 is 10.0 Å². The highest BCUT2D eigenvalue weighted by Crippen LogP contribution is 2.31. The molecule has 0 aromatic carbocycles. The van der Waals surface area contributed by atoms with E-state index in [-0.39, 0.29) is 0 Å². The number of unbranched alkanes of at least 4 members (excludes halogenated alkanes) is 1. The summed E-state index contributed by atoms with van der Waals surface area (Å²) in [6.07, 6.45) is 10.7. The maximum Gasteiger partial charge on any atom is 0.0443 e. The van der Waals surface area contributed by atoms with Gasteiger partial charge in [-0.15, -0.1) is 0 Å². The van der Waals surface area contributed by atoms with E-state index < -0.39 is 0 Å². The fourth-order valence-electron chi connectivity index (χ4n) is 3.06. The van der Waals surface area contributed by atoms with Crippen LogP contribution in [0.2, 0.25) is 0 Å². The molecule has 1 fully saturated rings. The first-order valence-corrected chi connectivity index (χ1v) is 7.10. The van der Waals surface area contributed by atoms with Crippen LogP contribution in [0, 0.1) is 5.92 Å². The summed E-state index contributed by atoms with van der Waals surface area (Å²) in [4.78, 5) is 2.50. The first-order valence-electron chi connectivity index (χ1n) is 7.10. The van der Waals surface area contributed by atoms with Crippen molar-refractivity contribution in [2.24, 2.45) is 5.92 Å². The van der Waals surface area contributed by atoms with Gasteiger partial charge in [0.25, 0.3) is 0 Å². The molecule has 1 aliphatic rings. The lowest BCUT2D eigenvalue weighted by Crippen LogP contribution is -2.40. The molecule has 0 saturated heterocycles. The van der Waals surface area contributed by atoms with Crippen molar-refractivity contribution in [3.05, 3.63) is 0 Å². The molecule has 16 heavy (non-hydrogen) atoms. The number of rotatable bonds is 7. The van der Waals surface area contributed by atoms with Crippen LogP contribution < -0.4 is 0 Å². The Morgan fingerprint density at radius 1 is 1.19 bits per heavy atom. The lowest BCUT2D eigenvalue weighted by Gasteiger charge is -2.38. The summed E-state index contributed by atoms with van der Waals surface area (Å²) in [6.45, 7) is 3.67. The molecule has 0 aromatic rings. The SMILES string of the molecule is CCCCC1CCCCC1N(C)CCCO. The zero-order valence-electron chi connectivity index (χ0n) is 11.1. The molecule has 96 valence electrons. The molecule has 0 amide bonds. The summed E-state index contributed by atoms with van der Waals surface area (Å²) in [5.41, 5.74) is 0. The van der Waals surface area contributed by atoms with E-state index in [0.29, 0.717) is 6.61 Å². The van der Waals surface area contributed by atoms with Crippen molar-refractivity contribution in [1.82, 2.24) is 4.90 Å². The van der Waals surface area contributed by atoms with E-state index in [9.17, 15) is 0 Å². The third-order valence-corrected chi connectivity index (χ3v) is 4.03. The van der Waals surface area contributed by atoms with Gasteiger partial charge in [0.05, 0.1) is 0 Å². The van der Waals surface area contributed by atoms with Crippen LogP contribution in [0.5, 0.6) is 0 Å². The van der Waals surface area contributed by atoms with Gasteiger partial charge in [0, 0.05) is 19.2 Å². The molecule has 2 unspecified atom stereocenters. The molecule has 2 nitrogen and oxygen atoms in total. The van der Waals surface area contributed by atoms with Crippen LogP contribution in [0.25, 0.3) is 0 Å². The van der Waals surface area contributed by atoms with Gasteiger partial charge in [-0.1, -0.05) is 32.6 Å². The smallest absolute Gasteiger partial charge is 0.0443 e. The first-order chi connectivity index (χ1) is 7.79. The Balaban J connectivity index is 2.38. The van der Waals surface area contributed by atoms with Crippen molar-refractivity contribution in [2.75, 3.05) is 20.2 Å². The zero-order valence-corrected chi connectivity index (χ0v) is 11.1. The average molecular weight is 227 g/mol. The standard InChI is InChI=1S/C14H29NO/c1-3-4-8-13-9-5-6-10-14(13)15(2)11-7-12-16/h13-14,16H,3-12H2,1-2H3. The lowest BCUT2D eigenvalue weighted by atomic mass is 9.80. The van der Waals surface area contributed by atoms with E-state index in [2.05, 4.69) is 18.9 Å². The number of nitrogens with zero attached hydrogens (tertiary/aromatic N) is 1. The summed E-state index contributed by atoms with van der Waals surface area (Å²) in [5.74, 6) is 0.914. The van der Waals surface area contributed by atoms with Gasteiger partial charge in [0.1, 0.15) is 0 Å². The molecular formula is C14H29NO. The Kier molecular flexibility index (Phi) is 7.06. The molecule has 1 rings (SSSR count). The molecule has 1 aliphatic carbocycles. The molecule has 1 N–H and O–H groups in total. The van der Waals surface area contributed by atoms with Gasteiger partial charge in [-0.05, 0) is 38.6 Å². The summed E-state index contributed by atoms with van der Waals surface area (Å²) < 4.78 is 0. The molecule has 1 saturated carbocycles. The highest BCUT2D eigenvalue weighted by atomic mass is 16.3. The van der Waals surface area contributed by atoms with E-state index in [1.165, 1.54) is 44.9 Å². The molecule has 0 spiro atoms. The van der Waals surface area contributed by atoms with Crippen molar-refractivity contribution >= 4 is 0 Å². The van der Waals surface area contributed by atoms with E-state index in [4.69, 9.17) is 5.11 Å². The van der Waals surface area contributed by atoms with Gasteiger partial charge in [-0.25, -0.2) is 0 Å². The van der Waals surface area contributed by atoms with Crippen LogP contribution in [-0.2, 0) is 0 Å². The Hall–Kier alpha value is -0.0800. The van der Waals surface area contributed by atoms with Crippen LogP contribution in [0.15, 0.2) is 0 Å². The minimum atomic E-state index is 0.330. The van der Waals surface area contributed by atoms with Gasteiger partial charge >= 0.3 is 0 Å². The van der Waals surface area contributed by atoms with Gasteiger partial charge in [-0.2, -0.15) is 0 Å². The first kappa shape index (κ1) is 14.0. The Morgan fingerprint density at radius 2 is 1.94 bits per heavy atom. The summed E-state index contributed by atoms with van der Waals surface area (Å²) in [6, 6.07) is 0.784. The van der Waals surface area contributed by atoms with Crippen molar-refractivity contribution in [3.8, 4) is 0 Å². The van der Waals surface area contributed by atoms with Crippen molar-refractivity contribution in [1.29, 1.82) is 0 Å². The lowest BCUT2D eigenvalue weighted by molar-refractivity contribution is 0.114. The second kappa shape index (κ2) is 8.08. The molecule has 0 bridgehead atoms. The van der Waals surface area contributed by atoms with Crippen LogP contribution >= 0.6 is 0 Å². The Bertz CT molecular complexity index is 172. The molecule has 0 aromatic heterocycles. The van der Waals surface area contributed by atoms with Gasteiger partial charge in [-0.3, -0.25) is 0 Å². The fourth-order valence-corrected chi connectivity index (χ4v) is 3.06. The minimum Gasteiger partial charge on any atom is -0.396 e. The van der Waals surface area contributed by atoms with E-state index >= 15 is 0 Å². The molecule has 2 atom stereocenters. The number of aliphatic hydroxyl groups excluding tert-OH is 1. The number of hydrogen-bond acceptors (Lipinski definition) is 2. The van der Waals surface area contributed by atoms with Crippen molar-refractivity contribution in [3.63, 3.8) is 0 Å². The predicted octanol–water partition coefficient (Wildman–Crippen LogP) is 3.05. The Morgan fingerprint density at radius 3 is 2.62 bits per heavy atom. The fraction of sp³-hybridized carbons (Fsp3) is 1.00. The molecule has 0 radical (unpaired) electrons. The maximum atomic E-state index is 8.89. The van der Waals surface area contributed by atoms with Crippen molar-refractivity contribution < 1.29 is 5.11 Å². The third kappa shape index (κ3) is 4.42. The van der Waals surface area contributed by atoms with Crippen LogP contribution in [0.3, 0.4) is 0 Å². The quantitative estimate of drug-likeness (QED) is 0.722. The zero-order chi connectivity index (χ0) is 11.8. The second-order valence-electron chi connectivity index (χ2n) is 5.31.